The summed E-state index contributed by atoms with van der Waals surface area (Å²) in [6.45, 7) is 0. The van der Waals surface area contributed by atoms with Crippen LogP contribution < -0.4 is 0 Å². The van der Waals surface area contributed by atoms with Crippen molar-refractivity contribution in [2.24, 2.45) is 0 Å². The molecule has 0 aliphatic rings. The van der Waals surface area contributed by atoms with Crippen molar-refractivity contribution < 1.29 is 0 Å². The monoisotopic (exact) mass is 413 g/mol. The Morgan fingerprint density at radius 3 is 1.55 bits per heavy atom. The van der Waals surface area contributed by atoms with Crippen LogP contribution in [0.3, 0.4) is 0 Å². The van der Waals surface area contributed by atoms with Gasteiger partial charge in [-0.05, 0) is 22.1 Å². The molecule has 0 N–H and O–H groups in total. The van der Waals surface area contributed by atoms with Gasteiger partial charge >= 0.3 is 0 Å². The predicted octanol–water partition coefficient (Wildman–Crippen LogP) is 8.45. The molecule has 1 heterocycles. The van der Waals surface area contributed by atoms with Crippen LogP contribution >= 0.6 is 11.3 Å². The number of aromatic nitrogens is 1. The third-order valence-corrected chi connectivity index (χ3v) is 6.82. The van der Waals surface area contributed by atoms with Crippen molar-refractivity contribution >= 4 is 32.3 Å². The van der Waals surface area contributed by atoms with Gasteiger partial charge in [-0.25, -0.2) is 4.98 Å². The second-order valence-electron chi connectivity index (χ2n) is 7.59. The highest BCUT2D eigenvalue weighted by molar-refractivity contribution is 7.22. The molecule has 2 heteroatoms. The smallest absolute Gasteiger partial charge is 0.124 e. The summed E-state index contributed by atoms with van der Waals surface area (Å²) in [4.78, 5) is 5.15. The van der Waals surface area contributed by atoms with Gasteiger partial charge in [0.2, 0.25) is 0 Å². The van der Waals surface area contributed by atoms with Gasteiger partial charge in [-0.1, -0.05) is 115 Å². The average Bonchev–Trinajstić information content (AvgIpc) is 3.30. The van der Waals surface area contributed by atoms with Gasteiger partial charge in [0, 0.05) is 16.5 Å². The molecule has 0 aliphatic heterocycles. The molecule has 0 saturated carbocycles. The van der Waals surface area contributed by atoms with Crippen molar-refractivity contribution in [2.75, 3.05) is 0 Å². The quantitative estimate of drug-likeness (QED) is 0.283. The summed E-state index contributed by atoms with van der Waals surface area (Å²) in [6.07, 6.45) is 0. The van der Waals surface area contributed by atoms with Gasteiger partial charge in [-0.3, -0.25) is 0 Å². The Hall–Kier alpha value is -3.75. The number of thiazole rings is 1. The summed E-state index contributed by atoms with van der Waals surface area (Å²) < 4.78 is 1.24. The van der Waals surface area contributed by atoms with Crippen molar-refractivity contribution in [1.82, 2.24) is 4.98 Å². The maximum absolute atomic E-state index is 5.15. The van der Waals surface area contributed by atoms with Crippen molar-refractivity contribution in [1.29, 1.82) is 0 Å². The number of rotatable bonds is 3. The van der Waals surface area contributed by atoms with Crippen molar-refractivity contribution in [3.8, 4) is 32.8 Å². The van der Waals surface area contributed by atoms with E-state index in [2.05, 4.69) is 115 Å². The average molecular weight is 414 g/mol. The molecule has 0 bridgehead atoms. The standard InChI is InChI=1S/C29H19NS/c1-4-12-20(13-5-1)25-23-18-10-11-19-24(23)27-28(26(25)21-14-6-2-7-15-21)31-29(30-27)22-16-8-3-9-17-22/h1-19H. The van der Waals surface area contributed by atoms with Crippen LogP contribution in [0, 0.1) is 0 Å². The number of hydrogen-bond acceptors (Lipinski definition) is 2. The summed E-state index contributed by atoms with van der Waals surface area (Å²) in [7, 11) is 0. The minimum atomic E-state index is 1.06. The molecular formula is C29H19NS. The summed E-state index contributed by atoms with van der Waals surface area (Å²) in [5.41, 5.74) is 7.24. The summed E-state index contributed by atoms with van der Waals surface area (Å²) >= 11 is 1.78. The Kier molecular flexibility index (Phi) is 4.37. The van der Waals surface area contributed by atoms with E-state index in [9.17, 15) is 0 Å². The molecule has 6 aromatic rings. The molecule has 0 fully saturated rings. The Labute approximate surface area is 185 Å². The Morgan fingerprint density at radius 2 is 0.935 bits per heavy atom. The van der Waals surface area contributed by atoms with Crippen LogP contribution in [0.5, 0.6) is 0 Å². The number of benzene rings is 5. The molecule has 1 aromatic heterocycles. The third-order valence-electron chi connectivity index (χ3n) is 5.70. The fraction of sp³-hybridized carbons (Fsp3) is 0. The highest BCUT2D eigenvalue weighted by Crippen LogP contribution is 2.47. The maximum atomic E-state index is 5.15. The zero-order chi connectivity index (χ0) is 20.6. The molecular weight excluding hydrogens is 394 g/mol. The van der Waals surface area contributed by atoms with E-state index >= 15 is 0 Å². The van der Waals surface area contributed by atoms with E-state index in [-0.39, 0.29) is 0 Å². The normalized spacial score (nSPS) is 11.2. The Bertz CT molecular complexity index is 1500. The van der Waals surface area contributed by atoms with Crippen LogP contribution in [0.2, 0.25) is 0 Å². The predicted molar refractivity (Wildman–Crippen MR) is 133 cm³/mol. The molecule has 0 atom stereocenters. The minimum Gasteiger partial charge on any atom is -0.235 e. The number of hydrogen-bond donors (Lipinski definition) is 0. The van der Waals surface area contributed by atoms with E-state index in [0.29, 0.717) is 0 Å². The van der Waals surface area contributed by atoms with Gasteiger partial charge in [0.1, 0.15) is 5.01 Å². The first-order valence-corrected chi connectivity index (χ1v) is 11.2. The van der Waals surface area contributed by atoms with Gasteiger partial charge in [-0.2, -0.15) is 0 Å². The van der Waals surface area contributed by atoms with Crippen LogP contribution in [0.25, 0.3) is 53.8 Å². The number of fused-ring (bicyclic) bond motifs is 3. The molecule has 0 saturated heterocycles. The molecule has 0 unspecified atom stereocenters. The Balaban J connectivity index is 1.81. The van der Waals surface area contributed by atoms with E-state index in [1.165, 1.54) is 37.7 Å². The van der Waals surface area contributed by atoms with E-state index in [1.807, 2.05) is 0 Å². The second kappa shape index (κ2) is 7.50. The highest BCUT2D eigenvalue weighted by atomic mass is 32.1. The molecule has 5 aromatic carbocycles. The van der Waals surface area contributed by atoms with Gasteiger partial charge in [-0.15, -0.1) is 11.3 Å². The van der Waals surface area contributed by atoms with Crippen molar-refractivity contribution in [3.63, 3.8) is 0 Å². The molecule has 0 amide bonds. The van der Waals surface area contributed by atoms with Crippen LogP contribution in [0.15, 0.2) is 115 Å². The lowest BCUT2D eigenvalue weighted by Gasteiger charge is -2.15. The summed E-state index contributed by atoms with van der Waals surface area (Å²) in [5.74, 6) is 0. The van der Waals surface area contributed by atoms with Crippen LogP contribution in [-0.2, 0) is 0 Å². The van der Waals surface area contributed by atoms with Gasteiger partial charge in [0.15, 0.2) is 0 Å². The van der Waals surface area contributed by atoms with Gasteiger partial charge < -0.3 is 0 Å². The van der Waals surface area contributed by atoms with E-state index < -0.39 is 0 Å². The van der Waals surface area contributed by atoms with E-state index in [4.69, 9.17) is 4.98 Å². The largest absolute Gasteiger partial charge is 0.235 e. The van der Waals surface area contributed by atoms with Gasteiger partial charge in [0.05, 0.1) is 10.2 Å². The molecule has 0 radical (unpaired) electrons. The second-order valence-corrected chi connectivity index (χ2v) is 8.59. The fourth-order valence-electron chi connectivity index (χ4n) is 4.32. The topological polar surface area (TPSA) is 12.9 Å². The Morgan fingerprint density at radius 1 is 0.452 bits per heavy atom. The zero-order valence-corrected chi connectivity index (χ0v) is 17.6. The molecule has 6 rings (SSSR count). The lowest BCUT2D eigenvalue weighted by Crippen LogP contribution is -1.90. The molecule has 0 aliphatic carbocycles. The SMILES string of the molecule is c1ccc(-c2nc3c(s2)c(-c2ccccc2)c(-c2ccccc2)c2ccccc23)cc1. The zero-order valence-electron chi connectivity index (χ0n) is 16.8. The van der Waals surface area contributed by atoms with Crippen molar-refractivity contribution in [3.05, 3.63) is 115 Å². The third kappa shape index (κ3) is 3.04. The van der Waals surface area contributed by atoms with Gasteiger partial charge in [0.25, 0.3) is 0 Å². The molecule has 31 heavy (non-hydrogen) atoms. The summed E-state index contributed by atoms with van der Waals surface area (Å²) in [6, 6.07) is 40.6. The lowest BCUT2D eigenvalue weighted by molar-refractivity contribution is 1.49. The van der Waals surface area contributed by atoms with E-state index in [1.54, 1.807) is 11.3 Å². The number of nitrogens with zero attached hydrogens (tertiary/aromatic N) is 1. The van der Waals surface area contributed by atoms with Crippen LogP contribution in [-0.4, -0.2) is 4.98 Å². The van der Waals surface area contributed by atoms with Crippen LogP contribution in [0.1, 0.15) is 0 Å². The molecule has 0 spiro atoms. The lowest BCUT2D eigenvalue weighted by atomic mass is 9.89. The highest BCUT2D eigenvalue weighted by Gasteiger charge is 2.20. The molecule has 1 nitrogen and oxygen atoms in total. The first-order chi connectivity index (χ1) is 15.4. The molecule has 146 valence electrons. The maximum Gasteiger partial charge on any atom is 0.124 e. The fourth-order valence-corrected chi connectivity index (χ4v) is 5.48. The van der Waals surface area contributed by atoms with Crippen LogP contribution in [0.4, 0.5) is 0 Å². The van der Waals surface area contributed by atoms with Crippen molar-refractivity contribution in [2.45, 2.75) is 0 Å². The van der Waals surface area contributed by atoms with E-state index in [0.717, 1.165) is 16.1 Å². The minimum absolute atomic E-state index is 1.06. The summed E-state index contributed by atoms with van der Waals surface area (Å²) in [5, 5.41) is 3.50. The first kappa shape index (κ1) is 18.1. The first-order valence-electron chi connectivity index (χ1n) is 10.4.